The summed E-state index contributed by atoms with van der Waals surface area (Å²) in [6, 6.07) is 9.08. The van der Waals surface area contributed by atoms with Crippen LogP contribution < -0.4 is 4.74 Å². The molecule has 7 heteroatoms. The monoisotopic (exact) mass is 447 g/mol. The molecule has 3 aromatic rings. The lowest BCUT2D eigenvalue weighted by molar-refractivity contribution is -0.137. The molecule has 172 valence electrons. The van der Waals surface area contributed by atoms with Crippen molar-refractivity contribution in [2.24, 2.45) is 0 Å². The molecular formula is C26H29N3O4. The summed E-state index contributed by atoms with van der Waals surface area (Å²) in [6.45, 7) is 9.00. The maximum absolute atomic E-state index is 11.3. The summed E-state index contributed by atoms with van der Waals surface area (Å²) in [5.41, 5.74) is 6.81. The predicted octanol–water partition coefficient (Wildman–Crippen LogP) is 5.52. The quantitative estimate of drug-likeness (QED) is 0.509. The van der Waals surface area contributed by atoms with E-state index in [4.69, 9.17) is 19.2 Å². The Morgan fingerprint density at radius 3 is 2.61 bits per heavy atom. The minimum Gasteiger partial charge on any atom is -0.487 e. The van der Waals surface area contributed by atoms with Crippen molar-refractivity contribution >= 4 is 11.5 Å². The van der Waals surface area contributed by atoms with Crippen molar-refractivity contribution in [3.8, 4) is 5.75 Å². The van der Waals surface area contributed by atoms with Crippen LogP contribution in [0.5, 0.6) is 5.75 Å². The highest BCUT2D eigenvalue weighted by Crippen LogP contribution is 2.41. The first-order valence-corrected chi connectivity index (χ1v) is 11.1. The van der Waals surface area contributed by atoms with Crippen LogP contribution in [0.15, 0.2) is 52.9 Å². The van der Waals surface area contributed by atoms with Gasteiger partial charge in [-0.3, -0.25) is 9.78 Å². The molecule has 0 fully saturated rings. The van der Waals surface area contributed by atoms with Gasteiger partial charge < -0.3 is 14.4 Å². The average Bonchev–Trinajstić information content (AvgIpc) is 3.31. The molecule has 7 nitrogen and oxygen atoms in total. The van der Waals surface area contributed by atoms with Crippen molar-refractivity contribution in [1.29, 1.82) is 0 Å². The number of benzene rings is 1. The first kappa shape index (κ1) is 22.7. The number of fused-ring (bicyclic) bond motifs is 1. The van der Waals surface area contributed by atoms with Gasteiger partial charge in [-0.1, -0.05) is 36.7 Å². The van der Waals surface area contributed by atoms with Gasteiger partial charge in [-0.15, -0.1) is 0 Å². The third kappa shape index (κ3) is 4.97. The number of rotatable bonds is 7. The summed E-state index contributed by atoms with van der Waals surface area (Å²) in [4.78, 5) is 21.0. The van der Waals surface area contributed by atoms with Crippen molar-refractivity contribution in [1.82, 2.24) is 15.1 Å². The smallest absolute Gasteiger partial charge is 0.304 e. The Morgan fingerprint density at radius 2 is 1.97 bits per heavy atom. The topological polar surface area (TPSA) is 98.3 Å². The van der Waals surface area contributed by atoms with Gasteiger partial charge in [0.25, 0.3) is 0 Å². The molecule has 0 amide bonds. The number of aliphatic carboxylic acids is 1. The molecule has 33 heavy (non-hydrogen) atoms. The molecule has 0 spiro atoms. The van der Waals surface area contributed by atoms with Crippen molar-refractivity contribution in [2.45, 2.75) is 64.9 Å². The normalized spacial score (nSPS) is 15.6. The summed E-state index contributed by atoms with van der Waals surface area (Å²) >= 11 is 0. The third-order valence-electron chi connectivity index (χ3n) is 6.22. The van der Waals surface area contributed by atoms with E-state index in [0.29, 0.717) is 18.1 Å². The highest BCUT2D eigenvalue weighted by atomic mass is 16.5. The second-order valence-corrected chi connectivity index (χ2v) is 9.35. The average molecular weight is 448 g/mol. The van der Waals surface area contributed by atoms with E-state index >= 15 is 0 Å². The molecule has 0 saturated heterocycles. The number of carbonyl (C=O) groups is 1. The zero-order valence-corrected chi connectivity index (χ0v) is 19.5. The molecule has 1 aliphatic carbocycles. The second-order valence-electron chi connectivity index (χ2n) is 9.35. The third-order valence-corrected chi connectivity index (χ3v) is 6.22. The van der Waals surface area contributed by atoms with Gasteiger partial charge in [-0.05, 0) is 50.0 Å². The molecule has 0 saturated carbocycles. The van der Waals surface area contributed by atoms with E-state index in [1.165, 1.54) is 17.4 Å². The molecule has 0 radical (unpaired) electrons. The van der Waals surface area contributed by atoms with Crippen molar-refractivity contribution in [3.63, 3.8) is 0 Å². The molecule has 2 aromatic heterocycles. The highest BCUT2D eigenvalue weighted by Gasteiger charge is 2.33. The largest absolute Gasteiger partial charge is 0.487 e. The Balaban J connectivity index is 1.50. The SMILES string of the molecule is CC(C)=C1CCC(C)(C)c2nc(COc3ccc([C@H](CC(=O)O)c4ccon4)cc3)cnc21. The Hall–Kier alpha value is -3.48. The summed E-state index contributed by atoms with van der Waals surface area (Å²) < 4.78 is 10.9. The van der Waals surface area contributed by atoms with E-state index < -0.39 is 5.97 Å². The van der Waals surface area contributed by atoms with Crippen LogP contribution in [0.3, 0.4) is 0 Å². The molecule has 0 bridgehead atoms. The van der Waals surface area contributed by atoms with Crippen LogP contribution in [-0.2, 0) is 16.8 Å². The van der Waals surface area contributed by atoms with Crippen molar-refractivity contribution < 1.29 is 19.2 Å². The minimum atomic E-state index is -0.895. The highest BCUT2D eigenvalue weighted by molar-refractivity contribution is 5.70. The van der Waals surface area contributed by atoms with Crippen LogP contribution in [0, 0.1) is 0 Å². The van der Waals surface area contributed by atoms with Gasteiger partial charge in [0.2, 0.25) is 0 Å². The first-order valence-electron chi connectivity index (χ1n) is 11.1. The van der Waals surface area contributed by atoms with Crippen LogP contribution in [0.1, 0.15) is 81.2 Å². The molecule has 2 heterocycles. The number of carboxylic acid groups (broad SMARTS) is 1. The van der Waals surface area contributed by atoms with Gasteiger partial charge in [0.05, 0.1) is 35.4 Å². The lowest BCUT2D eigenvalue weighted by atomic mass is 9.75. The Morgan fingerprint density at radius 1 is 1.21 bits per heavy atom. The Labute approximate surface area is 193 Å². The lowest BCUT2D eigenvalue weighted by Crippen LogP contribution is -2.27. The molecule has 0 aliphatic heterocycles. The molecule has 1 N–H and O–H groups in total. The number of hydrogen-bond acceptors (Lipinski definition) is 6. The van der Waals surface area contributed by atoms with Gasteiger partial charge in [-0.25, -0.2) is 4.98 Å². The Bertz CT molecular complexity index is 1160. The van der Waals surface area contributed by atoms with Gasteiger partial charge in [0.1, 0.15) is 18.6 Å². The molecule has 1 atom stereocenters. The van der Waals surface area contributed by atoms with E-state index in [1.54, 1.807) is 12.3 Å². The first-order chi connectivity index (χ1) is 15.7. The predicted molar refractivity (Wildman–Crippen MR) is 124 cm³/mol. The number of allylic oxidation sites excluding steroid dienone is 2. The number of hydrogen-bond donors (Lipinski definition) is 1. The van der Waals surface area contributed by atoms with E-state index in [-0.39, 0.29) is 17.8 Å². The van der Waals surface area contributed by atoms with E-state index in [1.807, 2.05) is 24.3 Å². The number of aromatic nitrogens is 3. The summed E-state index contributed by atoms with van der Waals surface area (Å²) in [7, 11) is 0. The number of nitrogens with zero attached hydrogens (tertiary/aromatic N) is 3. The fourth-order valence-electron chi connectivity index (χ4n) is 4.27. The second kappa shape index (κ2) is 9.17. The fraction of sp³-hybridized carbons (Fsp3) is 0.385. The van der Waals surface area contributed by atoms with E-state index in [0.717, 1.165) is 35.5 Å². The molecule has 0 unspecified atom stereocenters. The molecule has 4 rings (SSSR count). The maximum atomic E-state index is 11.3. The van der Waals surface area contributed by atoms with Crippen LogP contribution in [0.4, 0.5) is 0 Å². The van der Waals surface area contributed by atoms with Gasteiger partial charge in [-0.2, -0.15) is 0 Å². The summed E-state index contributed by atoms with van der Waals surface area (Å²) in [6.07, 6.45) is 5.25. The summed E-state index contributed by atoms with van der Waals surface area (Å²) in [5, 5.41) is 13.2. The number of ether oxygens (including phenoxy) is 1. The zero-order valence-electron chi connectivity index (χ0n) is 19.5. The minimum absolute atomic E-state index is 0.0286. The van der Waals surface area contributed by atoms with E-state index in [9.17, 15) is 9.90 Å². The van der Waals surface area contributed by atoms with Gasteiger partial charge in [0.15, 0.2) is 0 Å². The molecule has 1 aliphatic rings. The zero-order chi connectivity index (χ0) is 23.6. The van der Waals surface area contributed by atoms with Gasteiger partial charge in [0, 0.05) is 17.4 Å². The number of carboxylic acids is 1. The summed E-state index contributed by atoms with van der Waals surface area (Å²) in [5.74, 6) is -0.599. The van der Waals surface area contributed by atoms with Crippen LogP contribution in [-0.4, -0.2) is 26.2 Å². The molecular weight excluding hydrogens is 418 g/mol. The Kier molecular flexibility index (Phi) is 6.31. The van der Waals surface area contributed by atoms with Crippen molar-refractivity contribution in [2.75, 3.05) is 0 Å². The van der Waals surface area contributed by atoms with Crippen LogP contribution in [0.2, 0.25) is 0 Å². The van der Waals surface area contributed by atoms with Crippen LogP contribution >= 0.6 is 0 Å². The molecule has 1 aromatic carbocycles. The van der Waals surface area contributed by atoms with Crippen molar-refractivity contribution in [3.05, 3.63) is 76.7 Å². The van der Waals surface area contributed by atoms with E-state index in [2.05, 4.69) is 32.9 Å². The van der Waals surface area contributed by atoms with Crippen LogP contribution in [0.25, 0.3) is 5.57 Å². The standard InChI is InChI=1S/C26H29N3O4/c1-16(2)20-9-11-26(3,4)25-24(20)27-14-18(28-25)15-32-19-7-5-17(6-8-19)21(13-23(30)31)22-10-12-33-29-22/h5-8,10,12,14,21H,9,11,13,15H2,1-4H3,(H,30,31)/t21-/m0/s1. The fourth-order valence-corrected chi connectivity index (χ4v) is 4.27. The lowest BCUT2D eigenvalue weighted by Gasteiger charge is -2.32. The maximum Gasteiger partial charge on any atom is 0.304 e. The van der Waals surface area contributed by atoms with Gasteiger partial charge >= 0.3 is 5.97 Å².